The van der Waals surface area contributed by atoms with Crippen LogP contribution in [-0.4, -0.2) is 51.1 Å². The second kappa shape index (κ2) is 12.0. The van der Waals surface area contributed by atoms with E-state index in [1.54, 1.807) is 0 Å². The first-order valence-corrected chi connectivity index (χ1v) is 8.09. The van der Waals surface area contributed by atoms with Gasteiger partial charge in [-0.1, -0.05) is 33.1 Å². The molecule has 0 saturated carbocycles. The van der Waals surface area contributed by atoms with Crippen LogP contribution < -0.4 is 10.6 Å². The number of nitrogens with one attached hydrogen (secondary N) is 2. The summed E-state index contributed by atoms with van der Waals surface area (Å²) in [5.74, 6) is 1.55. The zero-order chi connectivity index (χ0) is 15.4. The molecule has 2 N–H and O–H groups in total. The molecule has 0 radical (unpaired) electrons. The second-order valence-corrected chi connectivity index (χ2v) is 6.25. The Bertz CT molecular complexity index is 249. The maximum absolute atomic E-state index is 4.27. The Morgan fingerprint density at radius 1 is 1.00 bits per heavy atom. The summed E-state index contributed by atoms with van der Waals surface area (Å²) in [5, 5.41) is 6.82. The maximum Gasteiger partial charge on any atom is 0.191 e. The number of nitrogens with zero attached hydrogens (tertiary/aromatic N) is 2. The molecule has 4 nitrogen and oxygen atoms in total. The standard InChI is InChI=1S/C16H36N4/c1-14(2)15(3)19-16(17-4)18-12-10-8-7-9-11-13-20(5)6/h14-15H,7-13H2,1-6H3,(H2,17,18,19). The number of hydrogen-bond acceptors (Lipinski definition) is 2. The van der Waals surface area contributed by atoms with Crippen LogP contribution in [0.15, 0.2) is 4.99 Å². The molecule has 0 aromatic rings. The fourth-order valence-corrected chi connectivity index (χ4v) is 1.87. The van der Waals surface area contributed by atoms with E-state index in [1.165, 1.54) is 38.6 Å². The van der Waals surface area contributed by atoms with Crippen LogP contribution in [0.1, 0.15) is 52.9 Å². The van der Waals surface area contributed by atoms with Gasteiger partial charge in [-0.05, 0) is 46.3 Å². The molecule has 0 amide bonds. The van der Waals surface area contributed by atoms with Crippen LogP contribution in [0, 0.1) is 5.92 Å². The molecule has 0 fully saturated rings. The van der Waals surface area contributed by atoms with Crippen LogP contribution in [0.25, 0.3) is 0 Å². The van der Waals surface area contributed by atoms with Crippen LogP contribution in [0.5, 0.6) is 0 Å². The number of hydrogen-bond donors (Lipinski definition) is 2. The molecular weight excluding hydrogens is 248 g/mol. The first-order valence-electron chi connectivity index (χ1n) is 8.09. The van der Waals surface area contributed by atoms with Crippen molar-refractivity contribution < 1.29 is 0 Å². The van der Waals surface area contributed by atoms with Gasteiger partial charge in [0.15, 0.2) is 5.96 Å². The molecule has 1 atom stereocenters. The van der Waals surface area contributed by atoms with Crippen molar-refractivity contribution in [3.8, 4) is 0 Å². The van der Waals surface area contributed by atoms with Gasteiger partial charge in [-0.25, -0.2) is 0 Å². The van der Waals surface area contributed by atoms with Gasteiger partial charge in [0.05, 0.1) is 0 Å². The topological polar surface area (TPSA) is 39.7 Å². The van der Waals surface area contributed by atoms with E-state index < -0.39 is 0 Å². The van der Waals surface area contributed by atoms with Gasteiger partial charge in [0, 0.05) is 19.6 Å². The number of rotatable bonds is 10. The maximum atomic E-state index is 4.27. The molecule has 20 heavy (non-hydrogen) atoms. The van der Waals surface area contributed by atoms with Gasteiger partial charge in [-0.15, -0.1) is 0 Å². The molecule has 1 unspecified atom stereocenters. The van der Waals surface area contributed by atoms with Gasteiger partial charge in [0.1, 0.15) is 0 Å². The van der Waals surface area contributed by atoms with Crippen molar-refractivity contribution in [2.45, 2.75) is 58.9 Å². The minimum atomic E-state index is 0.451. The van der Waals surface area contributed by atoms with Crippen LogP contribution in [0.3, 0.4) is 0 Å². The Labute approximate surface area is 126 Å². The molecule has 0 heterocycles. The van der Waals surface area contributed by atoms with Crippen molar-refractivity contribution in [3.63, 3.8) is 0 Å². The molecule has 0 rings (SSSR count). The van der Waals surface area contributed by atoms with E-state index in [0.717, 1.165) is 12.5 Å². The summed E-state index contributed by atoms with van der Waals surface area (Å²) in [5.41, 5.74) is 0. The first kappa shape index (κ1) is 19.2. The lowest BCUT2D eigenvalue weighted by Gasteiger charge is -2.20. The van der Waals surface area contributed by atoms with Gasteiger partial charge < -0.3 is 15.5 Å². The monoisotopic (exact) mass is 284 g/mol. The molecule has 0 aliphatic rings. The highest BCUT2D eigenvalue weighted by Crippen LogP contribution is 2.03. The molecule has 0 aliphatic carbocycles. The predicted octanol–water partition coefficient (Wildman–Crippen LogP) is 2.71. The third kappa shape index (κ3) is 11.1. The summed E-state index contributed by atoms with van der Waals surface area (Å²) >= 11 is 0. The number of unbranched alkanes of at least 4 members (excludes halogenated alkanes) is 4. The highest BCUT2D eigenvalue weighted by Gasteiger charge is 2.08. The third-order valence-electron chi connectivity index (χ3n) is 3.66. The first-order chi connectivity index (χ1) is 9.47. The average molecular weight is 284 g/mol. The minimum Gasteiger partial charge on any atom is -0.356 e. The van der Waals surface area contributed by atoms with E-state index >= 15 is 0 Å². The van der Waals surface area contributed by atoms with Gasteiger partial charge >= 0.3 is 0 Å². The quantitative estimate of drug-likeness (QED) is 0.368. The Morgan fingerprint density at radius 3 is 2.15 bits per heavy atom. The highest BCUT2D eigenvalue weighted by molar-refractivity contribution is 5.79. The average Bonchev–Trinajstić information content (AvgIpc) is 2.39. The molecule has 4 heteroatoms. The zero-order valence-corrected chi connectivity index (χ0v) is 14.5. The summed E-state index contributed by atoms with van der Waals surface area (Å²) in [6.45, 7) is 8.86. The molecule has 0 aromatic carbocycles. The number of aliphatic imine (C=N–C) groups is 1. The zero-order valence-electron chi connectivity index (χ0n) is 14.5. The molecule has 0 saturated heterocycles. The van der Waals surface area contributed by atoms with Gasteiger partial charge in [0.2, 0.25) is 0 Å². The van der Waals surface area contributed by atoms with Crippen molar-refractivity contribution in [1.29, 1.82) is 0 Å². The molecule has 120 valence electrons. The molecular formula is C16H36N4. The summed E-state index contributed by atoms with van der Waals surface area (Å²) in [6.07, 6.45) is 6.52. The van der Waals surface area contributed by atoms with Crippen LogP contribution in [0.2, 0.25) is 0 Å². The Hall–Kier alpha value is -0.770. The minimum absolute atomic E-state index is 0.451. The van der Waals surface area contributed by atoms with E-state index in [1.807, 2.05) is 7.05 Å². The van der Waals surface area contributed by atoms with Crippen molar-refractivity contribution in [1.82, 2.24) is 15.5 Å². The van der Waals surface area contributed by atoms with Crippen molar-refractivity contribution in [3.05, 3.63) is 0 Å². The number of guanidine groups is 1. The Morgan fingerprint density at radius 2 is 1.60 bits per heavy atom. The fraction of sp³-hybridized carbons (Fsp3) is 0.938. The SMILES string of the molecule is CN=C(NCCCCCCCN(C)C)NC(C)C(C)C. The largest absolute Gasteiger partial charge is 0.356 e. The summed E-state index contributed by atoms with van der Waals surface area (Å²) in [7, 11) is 6.12. The van der Waals surface area contributed by atoms with Crippen LogP contribution in [0.4, 0.5) is 0 Å². The summed E-state index contributed by atoms with van der Waals surface area (Å²) < 4.78 is 0. The smallest absolute Gasteiger partial charge is 0.191 e. The van der Waals surface area contributed by atoms with Crippen molar-refractivity contribution in [2.75, 3.05) is 34.2 Å². The molecule has 0 aliphatic heterocycles. The Balaban J connectivity index is 3.53. The van der Waals surface area contributed by atoms with Crippen molar-refractivity contribution >= 4 is 5.96 Å². The van der Waals surface area contributed by atoms with Crippen LogP contribution in [-0.2, 0) is 0 Å². The molecule has 0 aromatic heterocycles. The lowest BCUT2D eigenvalue weighted by Crippen LogP contribution is -2.44. The van der Waals surface area contributed by atoms with E-state index in [-0.39, 0.29) is 0 Å². The van der Waals surface area contributed by atoms with Gasteiger partial charge in [-0.2, -0.15) is 0 Å². The third-order valence-corrected chi connectivity index (χ3v) is 3.66. The highest BCUT2D eigenvalue weighted by atomic mass is 15.2. The Kier molecular flexibility index (Phi) is 11.5. The summed E-state index contributed by atoms with van der Waals surface area (Å²) in [6, 6.07) is 0.451. The van der Waals surface area contributed by atoms with E-state index in [0.29, 0.717) is 12.0 Å². The summed E-state index contributed by atoms with van der Waals surface area (Å²) in [4.78, 5) is 6.52. The van der Waals surface area contributed by atoms with Gasteiger partial charge in [0.25, 0.3) is 0 Å². The second-order valence-electron chi connectivity index (χ2n) is 6.25. The van der Waals surface area contributed by atoms with E-state index in [9.17, 15) is 0 Å². The normalized spacial score (nSPS) is 13.9. The van der Waals surface area contributed by atoms with E-state index in [4.69, 9.17) is 0 Å². The predicted molar refractivity (Wildman–Crippen MR) is 90.4 cm³/mol. The van der Waals surface area contributed by atoms with E-state index in [2.05, 4.69) is 55.4 Å². The van der Waals surface area contributed by atoms with Crippen LogP contribution >= 0.6 is 0 Å². The molecule has 0 spiro atoms. The van der Waals surface area contributed by atoms with Crippen molar-refractivity contribution in [2.24, 2.45) is 10.9 Å². The molecule has 0 bridgehead atoms. The lowest BCUT2D eigenvalue weighted by molar-refractivity contribution is 0.389. The fourth-order valence-electron chi connectivity index (χ4n) is 1.87. The lowest BCUT2D eigenvalue weighted by atomic mass is 10.1. The van der Waals surface area contributed by atoms with Gasteiger partial charge in [-0.3, -0.25) is 4.99 Å².